The topological polar surface area (TPSA) is 0 Å². The molecule has 0 radical (unpaired) electrons. The highest BCUT2D eigenvalue weighted by molar-refractivity contribution is 5.37. The van der Waals surface area contributed by atoms with Gasteiger partial charge in [-0.2, -0.15) is 0 Å². The van der Waals surface area contributed by atoms with Gasteiger partial charge in [0.2, 0.25) is 0 Å². The molecule has 2 atom stereocenters. The lowest BCUT2D eigenvalue weighted by Crippen LogP contribution is -2.02. The molecule has 0 spiro atoms. The van der Waals surface area contributed by atoms with Gasteiger partial charge in [0, 0.05) is 5.92 Å². The fourth-order valence-corrected chi connectivity index (χ4v) is 2.37. The Morgan fingerprint density at radius 1 is 1.21 bits per heavy atom. The van der Waals surface area contributed by atoms with Crippen LogP contribution >= 0.6 is 0 Å². The molecule has 74 valence electrons. The summed E-state index contributed by atoms with van der Waals surface area (Å²) in [4.78, 5) is 0. The number of hydrogen-bond acceptors (Lipinski definition) is 0. The highest BCUT2D eigenvalue weighted by Gasteiger charge is 2.21. The van der Waals surface area contributed by atoms with Crippen molar-refractivity contribution >= 4 is 0 Å². The largest absolute Gasteiger partial charge is 0.0990 e. The van der Waals surface area contributed by atoms with Crippen molar-refractivity contribution in [1.82, 2.24) is 0 Å². The average molecular weight is 186 g/mol. The van der Waals surface area contributed by atoms with E-state index in [-0.39, 0.29) is 0 Å². The SMILES string of the molecule is C=C1C(C)CCc2ccccc2C1C. The summed E-state index contributed by atoms with van der Waals surface area (Å²) in [5, 5.41) is 0. The van der Waals surface area contributed by atoms with Crippen molar-refractivity contribution in [3.63, 3.8) is 0 Å². The Bertz CT molecular complexity index is 349. The number of benzene rings is 1. The molecule has 2 unspecified atom stereocenters. The lowest BCUT2D eigenvalue weighted by Gasteiger charge is -2.17. The average Bonchev–Trinajstić information content (AvgIpc) is 2.32. The monoisotopic (exact) mass is 186 g/mol. The van der Waals surface area contributed by atoms with E-state index in [0.717, 1.165) is 0 Å². The highest BCUT2D eigenvalue weighted by Crippen LogP contribution is 2.36. The van der Waals surface area contributed by atoms with Gasteiger partial charge in [-0.1, -0.05) is 50.3 Å². The summed E-state index contributed by atoms with van der Waals surface area (Å²) in [5.41, 5.74) is 4.40. The van der Waals surface area contributed by atoms with Gasteiger partial charge in [0.05, 0.1) is 0 Å². The minimum Gasteiger partial charge on any atom is -0.0990 e. The molecule has 0 aromatic heterocycles. The Balaban J connectivity index is 2.45. The van der Waals surface area contributed by atoms with Crippen LogP contribution in [-0.2, 0) is 6.42 Å². The standard InChI is InChI=1S/C14H18/c1-10-8-9-13-6-4-5-7-14(13)12(3)11(10)2/h4-7,10,12H,2,8-9H2,1,3H3. The molecular formula is C14H18. The van der Waals surface area contributed by atoms with Crippen molar-refractivity contribution in [3.05, 3.63) is 47.5 Å². The molecule has 0 amide bonds. The molecule has 0 heteroatoms. The Morgan fingerprint density at radius 2 is 1.93 bits per heavy atom. The lowest BCUT2D eigenvalue weighted by atomic mass is 9.87. The van der Waals surface area contributed by atoms with Gasteiger partial charge in [0.15, 0.2) is 0 Å². The molecule has 1 aliphatic rings. The second kappa shape index (κ2) is 3.61. The molecule has 0 saturated carbocycles. The predicted molar refractivity (Wildman–Crippen MR) is 61.5 cm³/mol. The van der Waals surface area contributed by atoms with Gasteiger partial charge in [-0.05, 0) is 29.9 Å². The quantitative estimate of drug-likeness (QED) is 0.425. The first-order chi connectivity index (χ1) is 6.70. The van der Waals surface area contributed by atoms with Crippen LogP contribution in [0.25, 0.3) is 0 Å². The molecule has 14 heavy (non-hydrogen) atoms. The summed E-state index contributed by atoms with van der Waals surface area (Å²) < 4.78 is 0. The smallest absolute Gasteiger partial charge is 0.00225 e. The Morgan fingerprint density at radius 3 is 2.71 bits per heavy atom. The Hall–Kier alpha value is -1.04. The molecule has 0 nitrogen and oxygen atoms in total. The molecule has 0 aliphatic heterocycles. The van der Waals surface area contributed by atoms with Crippen molar-refractivity contribution in [2.24, 2.45) is 5.92 Å². The van der Waals surface area contributed by atoms with Crippen molar-refractivity contribution in [1.29, 1.82) is 0 Å². The number of rotatable bonds is 0. The Kier molecular flexibility index (Phi) is 2.45. The lowest BCUT2D eigenvalue weighted by molar-refractivity contribution is 0.599. The molecule has 0 saturated heterocycles. The molecule has 1 aromatic rings. The Labute approximate surface area is 86.7 Å². The highest BCUT2D eigenvalue weighted by atomic mass is 14.3. The van der Waals surface area contributed by atoms with Gasteiger partial charge in [0.25, 0.3) is 0 Å². The van der Waals surface area contributed by atoms with Gasteiger partial charge in [-0.3, -0.25) is 0 Å². The molecule has 0 bridgehead atoms. The van der Waals surface area contributed by atoms with Crippen LogP contribution in [0.4, 0.5) is 0 Å². The van der Waals surface area contributed by atoms with Crippen LogP contribution in [0.3, 0.4) is 0 Å². The van der Waals surface area contributed by atoms with Crippen molar-refractivity contribution in [2.75, 3.05) is 0 Å². The molecule has 1 aliphatic carbocycles. The summed E-state index contributed by atoms with van der Waals surface area (Å²) in [5.74, 6) is 1.20. The van der Waals surface area contributed by atoms with E-state index in [0.29, 0.717) is 11.8 Å². The number of fused-ring (bicyclic) bond motifs is 1. The zero-order valence-corrected chi connectivity index (χ0v) is 9.09. The van der Waals surface area contributed by atoms with E-state index in [4.69, 9.17) is 0 Å². The van der Waals surface area contributed by atoms with Gasteiger partial charge in [0.1, 0.15) is 0 Å². The van der Waals surface area contributed by atoms with Crippen molar-refractivity contribution in [3.8, 4) is 0 Å². The first-order valence-corrected chi connectivity index (χ1v) is 5.46. The first-order valence-electron chi connectivity index (χ1n) is 5.46. The van der Waals surface area contributed by atoms with Crippen LogP contribution < -0.4 is 0 Å². The first kappa shape index (κ1) is 9.51. The maximum absolute atomic E-state index is 4.24. The normalized spacial score (nSPS) is 26.9. The summed E-state index contributed by atoms with van der Waals surface area (Å²) in [6, 6.07) is 8.79. The van der Waals surface area contributed by atoms with E-state index < -0.39 is 0 Å². The predicted octanol–water partition coefficient (Wildman–Crippen LogP) is 3.93. The van der Waals surface area contributed by atoms with Gasteiger partial charge in [-0.25, -0.2) is 0 Å². The third-order valence-electron chi connectivity index (χ3n) is 3.56. The van der Waals surface area contributed by atoms with E-state index in [1.165, 1.54) is 29.5 Å². The molecule has 0 heterocycles. The third-order valence-corrected chi connectivity index (χ3v) is 3.56. The van der Waals surface area contributed by atoms with Crippen LogP contribution in [0.5, 0.6) is 0 Å². The van der Waals surface area contributed by atoms with Gasteiger partial charge < -0.3 is 0 Å². The second-order valence-electron chi connectivity index (χ2n) is 4.44. The number of aryl methyl sites for hydroxylation is 1. The van der Waals surface area contributed by atoms with E-state index in [1.807, 2.05) is 0 Å². The van der Waals surface area contributed by atoms with Crippen LogP contribution in [-0.4, -0.2) is 0 Å². The van der Waals surface area contributed by atoms with Crippen molar-refractivity contribution in [2.45, 2.75) is 32.6 Å². The van der Waals surface area contributed by atoms with E-state index >= 15 is 0 Å². The zero-order chi connectivity index (χ0) is 10.1. The summed E-state index contributed by atoms with van der Waals surface area (Å²) >= 11 is 0. The minimum atomic E-state index is 0.531. The van der Waals surface area contributed by atoms with Crippen LogP contribution in [0, 0.1) is 5.92 Å². The van der Waals surface area contributed by atoms with Gasteiger partial charge in [-0.15, -0.1) is 0 Å². The van der Waals surface area contributed by atoms with E-state index in [9.17, 15) is 0 Å². The van der Waals surface area contributed by atoms with E-state index in [2.05, 4.69) is 44.7 Å². The fraction of sp³-hybridized carbons (Fsp3) is 0.429. The summed E-state index contributed by atoms with van der Waals surface area (Å²) in [6.45, 7) is 8.81. The molecule has 0 fully saturated rings. The summed E-state index contributed by atoms with van der Waals surface area (Å²) in [6.07, 6.45) is 2.46. The molecular weight excluding hydrogens is 168 g/mol. The maximum atomic E-state index is 4.24. The minimum absolute atomic E-state index is 0.531. The number of hydrogen-bond donors (Lipinski definition) is 0. The molecule has 0 N–H and O–H groups in total. The second-order valence-corrected chi connectivity index (χ2v) is 4.44. The van der Waals surface area contributed by atoms with Crippen LogP contribution in [0.1, 0.15) is 37.3 Å². The van der Waals surface area contributed by atoms with Crippen LogP contribution in [0.2, 0.25) is 0 Å². The van der Waals surface area contributed by atoms with Crippen molar-refractivity contribution < 1.29 is 0 Å². The molecule has 1 aromatic carbocycles. The zero-order valence-electron chi connectivity index (χ0n) is 9.09. The number of allylic oxidation sites excluding steroid dienone is 1. The summed E-state index contributed by atoms with van der Waals surface area (Å²) in [7, 11) is 0. The van der Waals surface area contributed by atoms with Gasteiger partial charge >= 0.3 is 0 Å². The van der Waals surface area contributed by atoms with Crippen LogP contribution in [0.15, 0.2) is 36.4 Å². The van der Waals surface area contributed by atoms with E-state index in [1.54, 1.807) is 0 Å². The fourth-order valence-electron chi connectivity index (χ4n) is 2.37. The third kappa shape index (κ3) is 1.50. The molecule has 2 rings (SSSR count). The maximum Gasteiger partial charge on any atom is 0.00225 e.